The highest BCUT2D eigenvalue weighted by molar-refractivity contribution is 7.33. The summed E-state index contributed by atoms with van der Waals surface area (Å²) in [7, 11) is 0. The van der Waals surface area contributed by atoms with Crippen LogP contribution in [-0.4, -0.2) is 6.71 Å². The minimum atomic E-state index is -0.0143. The monoisotopic (exact) mass is 1070 g/mol. The van der Waals surface area contributed by atoms with Crippen LogP contribution in [-0.2, 0) is 43.3 Å². The summed E-state index contributed by atoms with van der Waals surface area (Å²) in [4.78, 5) is 5.76. The number of anilines is 6. The molecule has 9 aliphatic rings. The first-order chi connectivity index (χ1) is 37.6. The topological polar surface area (TPSA) is 6.48 Å². The second kappa shape index (κ2) is 16.6. The van der Waals surface area contributed by atoms with Crippen LogP contribution in [0.4, 0.5) is 34.1 Å². The molecule has 2 nitrogen and oxygen atoms in total. The van der Waals surface area contributed by atoms with E-state index in [2.05, 4.69) is 228 Å². The lowest BCUT2D eigenvalue weighted by atomic mass is 9.35. The summed E-state index contributed by atoms with van der Waals surface area (Å²) in [5.74, 6) is 2.50. The molecule has 0 saturated heterocycles. The van der Waals surface area contributed by atoms with Crippen molar-refractivity contribution in [2.75, 3.05) is 9.80 Å². The quantitative estimate of drug-likeness (QED) is 0.162. The standard InChI is InChI=1S/C76H89BN2S/c1-69(2,3)49-21-24-61(52(34-49)48-19-17-16-18-20-48)79-62-40-58-57(73(10,11)28-29-74(58,12)13)39-60(62)77-66-63(35-50(36-64(66)79)76-42-45-31-46(43-76)33-47(32-45)44-76)78(51-22-23-54-55(37-51)71(6,7)26-25-70(54,4)5)67-53-38-56-59(41-65(53)80-68(67)77)75(14,15)30-27-72(56,8)9/h16-24,34-41,45-47H,25-33,42-44H2,1-15H3. The zero-order valence-corrected chi connectivity index (χ0v) is 52.2. The zero-order chi connectivity index (χ0) is 55.8. The number of hydrogen-bond donors (Lipinski definition) is 0. The van der Waals surface area contributed by atoms with Crippen LogP contribution >= 0.6 is 11.3 Å². The number of nitrogens with zero attached hydrogens (tertiary/aromatic N) is 2. The van der Waals surface area contributed by atoms with Gasteiger partial charge in [-0.15, -0.1) is 11.3 Å². The van der Waals surface area contributed by atoms with Gasteiger partial charge in [0.15, 0.2) is 0 Å². The Hall–Kier alpha value is -5.06. The van der Waals surface area contributed by atoms with Crippen LogP contribution in [0.15, 0.2) is 103 Å². The number of hydrogen-bond acceptors (Lipinski definition) is 3. The molecule has 412 valence electrons. The molecular formula is C76H89BN2S. The third-order valence-electron chi connectivity index (χ3n) is 23.5. The summed E-state index contributed by atoms with van der Waals surface area (Å²) in [6.07, 6.45) is 15.5. The lowest BCUT2D eigenvalue weighted by molar-refractivity contribution is -0.00514. The van der Waals surface area contributed by atoms with E-state index in [0.717, 1.165) is 17.8 Å². The maximum atomic E-state index is 2.90. The Morgan fingerprint density at radius 2 is 0.988 bits per heavy atom. The van der Waals surface area contributed by atoms with Crippen molar-refractivity contribution < 1.29 is 0 Å². The van der Waals surface area contributed by atoms with Crippen LogP contribution in [0.2, 0.25) is 0 Å². The van der Waals surface area contributed by atoms with E-state index in [-0.39, 0.29) is 50.0 Å². The first kappa shape index (κ1) is 51.8. The molecule has 0 radical (unpaired) electrons. The van der Waals surface area contributed by atoms with E-state index >= 15 is 0 Å². The Morgan fingerprint density at radius 1 is 0.475 bits per heavy atom. The predicted molar refractivity (Wildman–Crippen MR) is 346 cm³/mol. The highest BCUT2D eigenvalue weighted by Crippen LogP contribution is 2.63. The molecule has 80 heavy (non-hydrogen) atoms. The fourth-order valence-corrected chi connectivity index (χ4v) is 20.0. The Bertz CT molecular complexity index is 3740. The Morgan fingerprint density at radius 3 is 1.56 bits per heavy atom. The van der Waals surface area contributed by atoms with Gasteiger partial charge in [0.1, 0.15) is 0 Å². The number of benzene rings is 6. The van der Waals surface area contributed by atoms with Gasteiger partial charge in [0.25, 0.3) is 6.71 Å². The molecule has 3 heterocycles. The molecule has 1 aromatic heterocycles. The second-order valence-corrected chi connectivity index (χ2v) is 33.9. The average molecular weight is 1070 g/mol. The van der Waals surface area contributed by atoms with Gasteiger partial charge in [-0.05, 0) is 254 Å². The van der Waals surface area contributed by atoms with Crippen molar-refractivity contribution in [2.24, 2.45) is 17.8 Å². The number of fused-ring (bicyclic) bond motifs is 9. The molecule has 0 spiro atoms. The molecular weight excluding hydrogens is 984 g/mol. The van der Waals surface area contributed by atoms with Crippen LogP contribution in [0, 0.1) is 17.8 Å². The summed E-state index contributed by atoms with van der Waals surface area (Å²) in [6, 6.07) is 43.5. The number of thiophene rings is 1. The van der Waals surface area contributed by atoms with Gasteiger partial charge >= 0.3 is 0 Å². The molecule has 7 aromatic rings. The smallest absolute Gasteiger partial charge is 0.264 e. The van der Waals surface area contributed by atoms with Crippen molar-refractivity contribution >= 4 is 78.0 Å². The normalized spacial score (nSPS) is 26.3. The van der Waals surface area contributed by atoms with Crippen molar-refractivity contribution in [1.82, 2.24) is 0 Å². The molecule has 4 heteroatoms. The molecule has 0 amide bonds. The van der Waals surface area contributed by atoms with Gasteiger partial charge in [-0.3, -0.25) is 0 Å². The van der Waals surface area contributed by atoms with Gasteiger partial charge in [0.05, 0.1) is 11.4 Å². The van der Waals surface area contributed by atoms with E-state index < -0.39 is 0 Å². The second-order valence-electron chi connectivity index (χ2n) is 32.8. The van der Waals surface area contributed by atoms with Gasteiger partial charge in [-0.25, -0.2) is 0 Å². The average Bonchev–Trinajstić information content (AvgIpc) is 3.30. The van der Waals surface area contributed by atoms with Gasteiger partial charge in [-0.2, -0.15) is 0 Å². The zero-order valence-electron chi connectivity index (χ0n) is 51.4. The lowest BCUT2D eigenvalue weighted by Gasteiger charge is -2.57. The van der Waals surface area contributed by atoms with Crippen molar-refractivity contribution in [3.05, 3.63) is 148 Å². The van der Waals surface area contributed by atoms with Crippen molar-refractivity contribution in [1.29, 1.82) is 0 Å². The Labute approximate surface area is 485 Å². The predicted octanol–water partition coefficient (Wildman–Crippen LogP) is 19.5. The van der Waals surface area contributed by atoms with Crippen LogP contribution < -0.4 is 25.5 Å². The lowest BCUT2D eigenvalue weighted by Crippen LogP contribution is -2.61. The van der Waals surface area contributed by atoms with E-state index in [1.54, 1.807) is 22.3 Å². The molecule has 4 saturated carbocycles. The highest BCUT2D eigenvalue weighted by Gasteiger charge is 2.55. The molecule has 4 fully saturated rings. The van der Waals surface area contributed by atoms with Crippen LogP contribution in [0.1, 0.15) is 225 Å². The molecule has 0 unspecified atom stereocenters. The summed E-state index contributed by atoms with van der Waals surface area (Å²) in [5, 5.41) is 1.45. The summed E-state index contributed by atoms with van der Waals surface area (Å²) < 4.78 is 2.97. The van der Waals surface area contributed by atoms with E-state index in [4.69, 9.17) is 0 Å². The first-order valence-electron chi connectivity index (χ1n) is 31.6. The van der Waals surface area contributed by atoms with Crippen molar-refractivity contribution in [2.45, 2.75) is 224 Å². The molecule has 16 rings (SSSR count). The SMILES string of the molecule is CC(C)(C)c1ccc(N2c3cc4c(cc3B3c5sc6cc7c(cc6c5N(c5ccc6c(c5)C(C)(C)CCC6(C)C)c5cc(C68CC9CC(CC(C9)C6)C8)cc2c53)C(C)(C)CCC7(C)C)C(C)(C)CCC4(C)C)c(-c2ccccc2)c1. The molecule has 4 bridgehead atoms. The Balaban J connectivity index is 1.11. The van der Waals surface area contributed by atoms with Crippen LogP contribution in [0.3, 0.4) is 0 Å². The summed E-state index contributed by atoms with van der Waals surface area (Å²) >= 11 is 2.13. The fraction of sp³-hybridized carbons (Fsp3) is 0.500. The maximum Gasteiger partial charge on any atom is 0.264 e. The van der Waals surface area contributed by atoms with E-state index in [0.29, 0.717) is 0 Å². The molecule has 0 atom stereocenters. The van der Waals surface area contributed by atoms with E-state index in [1.807, 2.05) is 0 Å². The van der Waals surface area contributed by atoms with E-state index in [1.165, 1.54) is 170 Å². The van der Waals surface area contributed by atoms with Crippen molar-refractivity contribution in [3.8, 4) is 11.1 Å². The molecule has 2 aliphatic heterocycles. The van der Waals surface area contributed by atoms with Crippen LogP contribution in [0.25, 0.3) is 21.2 Å². The van der Waals surface area contributed by atoms with Gasteiger partial charge in [0, 0.05) is 43.2 Å². The molecule has 6 aromatic carbocycles. The summed E-state index contributed by atoms with van der Waals surface area (Å²) in [6.45, 7) is 37.6. The third kappa shape index (κ3) is 7.46. The van der Waals surface area contributed by atoms with E-state index in [9.17, 15) is 0 Å². The van der Waals surface area contributed by atoms with Gasteiger partial charge in [0.2, 0.25) is 0 Å². The minimum absolute atomic E-state index is 0.0143. The van der Waals surface area contributed by atoms with Gasteiger partial charge < -0.3 is 9.80 Å². The highest BCUT2D eigenvalue weighted by atomic mass is 32.1. The third-order valence-corrected chi connectivity index (χ3v) is 24.7. The maximum absolute atomic E-state index is 2.90. The van der Waals surface area contributed by atoms with Crippen LogP contribution in [0.5, 0.6) is 0 Å². The molecule has 7 aliphatic carbocycles. The Kier molecular flexibility index (Phi) is 10.7. The number of rotatable bonds is 4. The molecule has 0 N–H and O–H groups in total. The summed E-state index contributed by atoms with van der Waals surface area (Å²) in [5.41, 5.74) is 26.8. The first-order valence-corrected chi connectivity index (χ1v) is 32.4. The minimum Gasteiger partial charge on any atom is -0.311 e. The van der Waals surface area contributed by atoms with Crippen molar-refractivity contribution in [3.63, 3.8) is 0 Å². The van der Waals surface area contributed by atoms with Gasteiger partial charge in [-0.1, -0.05) is 152 Å². The fourth-order valence-electron chi connectivity index (χ4n) is 18.7. The largest absolute Gasteiger partial charge is 0.311 e.